The number of esters is 1. The summed E-state index contributed by atoms with van der Waals surface area (Å²) >= 11 is 0. The summed E-state index contributed by atoms with van der Waals surface area (Å²) < 4.78 is 56.2. The molecule has 0 aliphatic carbocycles. The molecule has 0 spiro atoms. The number of nitrogens with two attached hydrogens (primary N) is 1. The van der Waals surface area contributed by atoms with Crippen molar-refractivity contribution in [3.8, 4) is 0 Å². The van der Waals surface area contributed by atoms with Crippen molar-refractivity contribution >= 4 is 44.9 Å². The first kappa shape index (κ1) is 29.5. The number of imidazole rings is 1. The molecule has 2 saturated heterocycles. The van der Waals surface area contributed by atoms with Gasteiger partial charge in [-0.15, -0.1) is 0 Å². The van der Waals surface area contributed by atoms with Crippen molar-refractivity contribution in [2.75, 3.05) is 19.5 Å². The van der Waals surface area contributed by atoms with Crippen LogP contribution >= 0.6 is 0 Å². The number of ether oxygens (including phenoxy) is 4. The molecule has 42 heavy (non-hydrogen) atoms. The van der Waals surface area contributed by atoms with Gasteiger partial charge < -0.3 is 24.7 Å². The van der Waals surface area contributed by atoms with Gasteiger partial charge in [-0.1, -0.05) is 12.1 Å². The van der Waals surface area contributed by atoms with Crippen molar-refractivity contribution < 1.29 is 45.9 Å². The van der Waals surface area contributed by atoms with E-state index in [0.717, 1.165) is 0 Å². The second kappa shape index (κ2) is 11.3. The van der Waals surface area contributed by atoms with Crippen LogP contribution in [-0.2, 0) is 38.2 Å². The molecule has 2 fully saturated rings. The molecule has 224 valence electrons. The van der Waals surface area contributed by atoms with E-state index >= 15 is 0 Å². The topological polar surface area (TPSA) is 213 Å². The monoisotopic (exact) mass is 604 g/mol. The second-order valence-corrected chi connectivity index (χ2v) is 11.3. The van der Waals surface area contributed by atoms with Gasteiger partial charge in [0, 0.05) is 18.4 Å². The number of carbonyl (C=O) groups excluding carboxylic acids is 3. The molecule has 2 aliphatic rings. The number of nitrogen functional groups attached to an aromatic ring is 1. The minimum absolute atomic E-state index is 0.168. The number of ketones is 1. The normalized spacial score (nSPS) is 23.0. The van der Waals surface area contributed by atoms with Crippen LogP contribution in [-0.4, -0.2) is 83.4 Å². The highest BCUT2D eigenvalue weighted by Gasteiger charge is 2.56. The lowest BCUT2D eigenvalue weighted by atomic mass is 10.0. The molecule has 4 atom stereocenters. The van der Waals surface area contributed by atoms with Crippen LogP contribution in [0.15, 0.2) is 36.9 Å². The van der Waals surface area contributed by atoms with Gasteiger partial charge in [-0.2, -0.15) is 8.42 Å². The van der Waals surface area contributed by atoms with Crippen LogP contribution in [0.1, 0.15) is 53.6 Å². The first-order chi connectivity index (χ1) is 19.9. The number of rotatable bonds is 10. The second-order valence-electron chi connectivity index (χ2n) is 9.97. The third-order valence-electron chi connectivity index (χ3n) is 6.60. The summed E-state index contributed by atoms with van der Waals surface area (Å²) in [4.78, 5) is 48.9. The van der Waals surface area contributed by atoms with Gasteiger partial charge in [0.25, 0.3) is 0 Å². The minimum Gasteiger partial charge on any atom is -0.465 e. The number of hydrogen-bond acceptors (Lipinski definition) is 14. The average molecular weight is 605 g/mol. The number of fused-ring (bicyclic) bond motifs is 2. The smallest absolute Gasteiger partial charge is 0.362 e. The standard InChI is InChI=1S/C25H28N6O10S/c1-25(2)40-19-16(39-23(20(19)41-25)31-12-29-18-21(26)27-11-28-22(18)31)10-38-42(35,36)30-17(33)8-7-15(32)13-5-4-6-14(9-13)24(34)37-3/h4-6,9,11-12,16,19-20,23H,7-8,10H2,1-3H3,(H,30,33)(H2,26,27,28)/t16-,19-,20-,23-/m1/s1. The van der Waals surface area contributed by atoms with Crippen LogP contribution < -0.4 is 10.5 Å². The van der Waals surface area contributed by atoms with E-state index in [4.69, 9.17) is 24.1 Å². The molecule has 5 rings (SSSR count). The van der Waals surface area contributed by atoms with Crippen molar-refractivity contribution in [1.29, 1.82) is 0 Å². The zero-order valence-electron chi connectivity index (χ0n) is 22.8. The summed E-state index contributed by atoms with van der Waals surface area (Å²) in [6.07, 6.45) is -1.16. The van der Waals surface area contributed by atoms with Gasteiger partial charge >= 0.3 is 16.3 Å². The maximum absolute atomic E-state index is 12.5. The van der Waals surface area contributed by atoms with Gasteiger partial charge in [0.05, 0.1) is 25.6 Å². The number of Topliss-reactive ketones (excluding diaryl/α,β-unsaturated/α-hetero) is 1. The van der Waals surface area contributed by atoms with Crippen LogP contribution in [0.3, 0.4) is 0 Å². The van der Waals surface area contributed by atoms with Crippen molar-refractivity contribution in [2.24, 2.45) is 0 Å². The van der Waals surface area contributed by atoms with Crippen molar-refractivity contribution in [1.82, 2.24) is 24.2 Å². The molecule has 3 aromatic rings. The van der Waals surface area contributed by atoms with Gasteiger partial charge in [0.2, 0.25) is 5.91 Å². The predicted octanol–water partition coefficient (Wildman–Crippen LogP) is 0.653. The van der Waals surface area contributed by atoms with Crippen LogP contribution in [0.25, 0.3) is 11.2 Å². The molecule has 17 heteroatoms. The molecular weight excluding hydrogens is 576 g/mol. The summed E-state index contributed by atoms with van der Waals surface area (Å²) in [6, 6.07) is 5.78. The van der Waals surface area contributed by atoms with Gasteiger partial charge in [0.15, 0.2) is 29.3 Å². The summed E-state index contributed by atoms with van der Waals surface area (Å²) in [5, 5.41) is 0. The molecule has 0 saturated carbocycles. The SMILES string of the molecule is COC(=O)c1cccc(C(=O)CCC(=O)NS(=O)(=O)OC[C@H]2O[C@@H](n3cnc4c(N)ncnc43)[C@@H]3OC(C)(C)O[C@@H]32)c1. The molecule has 4 heterocycles. The third kappa shape index (κ3) is 6.09. The number of methoxy groups -OCH3 is 1. The fourth-order valence-corrected chi connectivity index (χ4v) is 5.51. The summed E-state index contributed by atoms with van der Waals surface area (Å²) in [5.41, 5.74) is 6.97. The van der Waals surface area contributed by atoms with Crippen LogP contribution in [0, 0.1) is 0 Å². The summed E-state index contributed by atoms with van der Waals surface area (Å²) in [6.45, 7) is 2.90. The van der Waals surface area contributed by atoms with E-state index in [1.54, 1.807) is 23.1 Å². The first-order valence-corrected chi connectivity index (χ1v) is 14.1. The Morgan fingerprint density at radius 1 is 1.10 bits per heavy atom. The number of carbonyl (C=O) groups is 3. The largest absolute Gasteiger partial charge is 0.465 e. The maximum Gasteiger partial charge on any atom is 0.362 e. The highest BCUT2D eigenvalue weighted by Crippen LogP contribution is 2.44. The quantitative estimate of drug-likeness (QED) is 0.240. The van der Waals surface area contributed by atoms with Gasteiger partial charge in [-0.05, 0) is 26.0 Å². The Kier molecular flexibility index (Phi) is 7.95. The number of amides is 1. The number of nitrogens with zero attached hydrogens (tertiary/aromatic N) is 4. The zero-order chi connectivity index (χ0) is 30.2. The molecule has 0 bridgehead atoms. The average Bonchev–Trinajstić information content (AvgIpc) is 3.61. The molecule has 0 radical (unpaired) electrons. The van der Waals surface area contributed by atoms with E-state index < -0.39 is 71.3 Å². The van der Waals surface area contributed by atoms with Gasteiger partial charge in [-0.25, -0.2) is 24.5 Å². The number of anilines is 1. The van der Waals surface area contributed by atoms with Gasteiger partial charge in [-0.3, -0.25) is 18.3 Å². The maximum atomic E-state index is 12.5. The Morgan fingerprint density at radius 2 is 1.83 bits per heavy atom. The third-order valence-corrected chi connectivity index (χ3v) is 7.52. The molecular formula is C25H28N6O10S. The fourth-order valence-electron chi connectivity index (χ4n) is 4.76. The molecule has 0 unspecified atom stereocenters. The first-order valence-electron chi connectivity index (χ1n) is 12.7. The zero-order valence-corrected chi connectivity index (χ0v) is 23.6. The number of aromatic nitrogens is 4. The molecule has 1 aromatic carbocycles. The highest BCUT2D eigenvalue weighted by atomic mass is 32.2. The van der Waals surface area contributed by atoms with Crippen molar-refractivity contribution in [3.05, 3.63) is 48.0 Å². The van der Waals surface area contributed by atoms with E-state index in [-0.39, 0.29) is 23.4 Å². The Morgan fingerprint density at radius 3 is 2.60 bits per heavy atom. The lowest BCUT2D eigenvalue weighted by Crippen LogP contribution is -2.37. The van der Waals surface area contributed by atoms with E-state index in [2.05, 4.69) is 19.7 Å². The van der Waals surface area contributed by atoms with E-state index in [1.807, 2.05) is 0 Å². The molecule has 2 aromatic heterocycles. The fraction of sp³-hybridized carbons (Fsp3) is 0.440. The Bertz CT molecular complexity index is 1640. The summed E-state index contributed by atoms with van der Waals surface area (Å²) in [7, 11) is -3.37. The molecule has 16 nitrogen and oxygen atoms in total. The lowest BCUT2D eigenvalue weighted by molar-refractivity contribution is -0.198. The van der Waals surface area contributed by atoms with Crippen LogP contribution in [0.5, 0.6) is 0 Å². The number of nitrogens with one attached hydrogen (secondary N) is 1. The van der Waals surface area contributed by atoms with Crippen molar-refractivity contribution in [2.45, 2.75) is 57.0 Å². The summed E-state index contributed by atoms with van der Waals surface area (Å²) in [5.74, 6) is -2.87. The highest BCUT2D eigenvalue weighted by molar-refractivity contribution is 7.85. The number of benzene rings is 1. The predicted molar refractivity (Wildman–Crippen MR) is 142 cm³/mol. The Balaban J connectivity index is 1.20. The van der Waals surface area contributed by atoms with E-state index in [1.165, 1.54) is 44.0 Å². The van der Waals surface area contributed by atoms with Crippen LogP contribution in [0.4, 0.5) is 5.82 Å². The molecule has 2 aliphatic heterocycles. The lowest BCUT2D eigenvalue weighted by Gasteiger charge is -2.24. The van der Waals surface area contributed by atoms with Crippen LogP contribution in [0.2, 0.25) is 0 Å². The minimum atomic E-state index is -4.58. The van der Waals surface area contributed by atoms with E-state index in [9.17, 15) is 22.8 Å². The van der Waals surface area contributed by atoms with Gasteiger partial charge in [0.1, 0.15) is 30.2 Å². The van der Waals surface area contributed by atoms with Crippen molar-refractivity contribution in [3.63, 3.8) is 0 Å². The van der Waals surface area contributed by atoms with E-state index in [0.29, 0.717) is 11.2 Å². The molecule has 3 N–H and O–H groups in total. The number of hydrogen-bond donors (Lipinski definition) is 2. The molecule has 1 amide bonds. The Labute approximate surface area is 239 Å². The Hall–Kier alpha value is -4.03.